The minimum absolute atomic E-state index is 0.0991. The number of phenolic OH excluding ortho intramolecular Hbond substituents is 1. The lowest BCUT2D eigenvalue weighted by atomic mass is 10.2. The third-order valence-electron chi connectivity index (χ3n) is 2.52. The first-order valence-corrected chi connectivity index (χ1v) is 8.86. The molecule has 0 saturated carbocycles. The smallest absolute Gasteiger partial charge is 0.266 e. The highest BCUT2D eigenvalue weighted by atomic mass is 127. The molecule has 1 N–H and O–H groups in total. The van der Waals surface area contributed by atoms with E-state index in [0.29, 0.717) is 15.8 Å². The van der Waals surface area contributed by atoms with Crippen molar-refractivity contribution in [2.75, 3.05) is 6.54 Å². The van der Waals surface area contributed by atoms with Gasteiger partial charge in [-0.05, 0) is 69.0 Å². The molecule has 1 aromatic rings. The summed E-state index contributed by atoms with van der Waals surface area (Å²) in [4.78, 5) is 14.3. The number of carbonyl (C=O) groups excluding carboxylic acids is 1. The molecule has 1 aliphatic rings. The van der Waals surface area contributed by atoms with Gasteiger partial charge >= 0.3 is 0 Å². The van der Waals surface area contributed by atoms with E-state index in [4.69, 9.17) is 12.2 Å². The third-order valence-corrected chi connectivity index (χ3v) is 5.54. The summed E-state index contributed by atoms with van der Waals surface area (Å²) in [5.74, 6) is 0.167. The second kappa shape index (κ2) is 6.75. The Morgan fingerprint density at radius 1 is 1.40 bits per heavy atom. The number of hydrogen-bond acceptors (Lipinski definition) is 4. The van der Waals surface area contributed by atoms with Gasteiger partial charge in [-0.25, -0.2) is 0 Å². The van der Waals surface area contributed by atoms with Crippen LogP contribution in [0, 0.1) is 7.14 Å². The molecule has 0 aromatic heterocycles. The molecule has 0 atom stereocenters. The highest BCUT2D eigenvalue weighted by Crippen LogP contribution is 2.34. The lowest BCUT2D eigenvalue weighted by Gasteiger charge is -2.10. The molecule has 1 amide bonds. The van der Waals surface area contributed by atoms with Crippen LogP contribution in [0.15, 0.2) is 29.7 Å². The summed E-state index contributed by atoms with van der Waals surface area (Å²) >= 11 is 10.6. The number of thiocarbonyl (C=S) groups is 1. The fourth-order valence-electron chi connectivity index (χ4n) is 1.61. The Labute approximate surface area is 153 Å². The van der Waals surface area contributed by atoms with Crippen LogP contribution in [0.25, 0.3) is 6.08 Å². The Kier molecular flexibility index (Phi) is 5.49. The first kappa shape index (κ1) is 16.2. The zero-order valence-electron chi connectivity index (χ0n) is 10.1. The van der Waals surface area contributed by atoms with Crippen LogP contribution in [-0.4, -0.2) is 26.8 Å². The van der Waals surface area contributed by atoms with Crippen LogP contribution in [0.4, 0.5) is 0 Å². The average Bonchev–Trinajstić information content (AvgIpc) is 2.64. The molecule has 0 radical (unpaired) electrons. The molecule has 0 aliphatic carbocycles. The molecule has 0 spiro atoms. The van der Waals surface area contributed by atoms with E-state index in [-0.39, 0.29) is 11.7 Å². The van der Waals surface area contributed by atoms with Crippen LogP contribution in [0.1, 0.15) is 5.56 Å². The van der Waals surface area contributed by atoms with Crippen LogP contribution in [0.2, 0.25) is 0 Å². The highest BCUT2D eigenvalue weighted by Gasteiger charge is 2.30. The van der Waals surface area contributed by atoms with Gasteiger partial charge in [0, 0.05) is 6.54 Å². The summed E-state index contributed by atoms with van der Waals surface area (Å²) in [6.07, 6.45) is 3.45. The van der Waals surface area contributed by atoms with E-state index in [1.165, 1.54) is 16.7 Å². The average molecular weight is 529 g/mol. The fraction of sp³-hybridized carbons (Fsp3) is 0.0769. The predicted molar refractivity (Wildman–Crippen MR) is 104 cm³/mol. The van der Waals surface area contributed by atoms with Crippen molar-refractivity contribution in [1.29, 1.82) is 0 Å². The quantitative estimate of drug-likeness (QED) is 0.279. The molecule has 2 rings (SSSR count). The van der Waals surface area contributed by atoms with E-state index in [1.54, 1.807) is 12.2 Å². The predicted octanol–water partition coefficient (Wildman–Crippen LogP) is 3.99. The largest absolute Gasteiger partial charge is 0.506 e. The van der Waals surface area contributed by atoms with Gasteiger partial charge in [0.05, 0.1) is 12.0 Å². The van der Waals surface area contributed by atoms with Crippen LogP contribution in [0.3, 0.4) is 0 Å². The summed E-state index contributed by atoms with van der Waals surface area (Å²) in [6.45, 7) is 4.05. The minimum Gasteiger partial charge on any atom is -0.506 e. The molecule has 0 bridgehead atoms. The molecule has 1 heterocycles. The molecule has 3 nitrogen and oxygen atoms in total. The Bertz CT molecular complexity index is 620. The SMILES string of the molecule is C=CCN1C(=O)/C(=C/c2cc(I)c(O)c(I)c2)SC1=S. The lowest BCUT2D eigenvalue weighted by Crippen LogP contribution is -2.27. The molecule has 20 heavy (non-hydrogen) atoms. The van der Waals surface area contributed by atoms with Crippen LogP contribution in [-0.2, 0) is 4.79 Å². The van der Waals surface area contributed by atoms with Crippen LogP contribution in [0.5, 0.6) is 5.75 Å². The number of aromatic hydroxyl groups is 1. The molecule has 104 valence electrons. The van der Waals surface area contributed by atoms with Gasteiger partial charge in [-0.15, -0.1) is 6.58 Å². The van der Waals surface area contributed by atoms with E-state index in [2.05, 4.69) is 51.8 Å². The monoisotopic (exact) mass is 529 g/mol. The van der Waals surface area contributed by atoms with Crippen LogP contribution < -0.4 is 0 Å². The number of thioether (sulfide) groups is 1. The van der Waals surface area contributed by atoms with Gasteiger partial charge in [0.1, 0.15) is 10.1 Å². The van der Waals surface area contributed by atoms with Gasteiger partial charge in [0.15, 0.2) is 0 Å². The first-order valence-electron chi connectivity index (χ1n) is 5.48. The topological polar surface area (TPSA) is 40.5 Å². The molecule has 0 unspecified atom stereocenters. The minimum atomic E-state index is -0.0991. The zero-order chi connectivity index (χ0) is 14.9. The number of benzene rings is 1. The van der Waals surface area contributed by atoms with Gasteiger partial charge in [0.25, 0.3) is 5.91 Å². The molecule has 1 fully saturated rings. The van der Waals surface area contributed by atoms with E-state index in [0.717, 1.165) is 12.7 Å². The molecule has 7 heteroatoms. The van der Waals surface area contributed by atoms with E-state index in [9.17, 15) is 9.90 Å². The van der Waals surface area contributed by atoms with Crippen molar-refractivity contribution in [1.82, 2.24) is 4.90 Å². The number of rotatable bonds is 3. The molecular weight excluding hydrogens is 520 g/mol. The van der Waals surface area contributed by atoms with E-state index in [1.807, 2.05) is 12.1 Å². The van der Waals surface area contributed by atoms with Crippen molar-refractivity contribution in [3.05, 3.63) is 42.4 Å². The molecule has 1 aliphatic heterocycles. The summed E-state index contributed by atoms with van der Waals surface area (Å²) < 4.78 is 2.05. The normalized spacial score (nSPS) is 17.1. The van der Waals surface area contributed by atoms with Crippen molar-refractivity contribution in [2.24, 2.45) is 0 Å². The van der Waals surface area contributed by atoms with E-state index < -0.39 is 0 Å². The van der Waals surface area contributed by atoms with Gasteiger partial charge in [-0.3, -0.25) is 9.69 Å². The van der Waals surface area contributed by atoms with Crippen LogP contribution >= 0.6 is 69.2 Å². The molecular formula is C13H9I2NO2S2. The van der Waals surface area contributed by atoms with Gasteiger partial charge in [-0.1, -0.05) is 30.1 Å². The number of amides is 1. The first-order chi connectivity index (χ1) is 9.43. The summed E-state index contributed by atoms with van der Waals surface area (Å²) in [7, 11) is 0. The summed E-state index contributed by atoms with van der Waals surface area (Å²) in [5.41, 5.74) is 0.871. The molecule has 1 saturated heterocycles. The fourth-order valence-corrected chi connectivity index (χ4v) is 4.70. The standard InChI is InChI=1S/C13H9I2NO2S2/c1-2-3-16-12(18)10(20-13(16)19)6-7-4-8(14)11(17)9(15)5-7/h2,4-6,17H,1,3H2/b10-6-. The van der Waals surface area contributed by atoms with Gasteiger partial charge < -0.3 is 5.11 Å². The number of nitrogens with zero attached hydrogens (tertiary/aromatic N) is 1. The Morgan fingerprint density at radius 3 is 2.55 bits per heavy atom. The highest BCUT2D eigenvalue weighted by molar-refractivity contribution is 14.1. The van der Waals surface area contributed by atoms with E-state index >= 15 is 0 Å². The van der Waals surface area contributed by atoms with Crippen molar-refractivity contribution < 1.29 is 9.90 Å². The second-order valence-electron chi connectivity index (χ2n) is 3.91. The third kappa shape index (κ3) is 3.37. The maximum absolute atomic E-state index is 12.2. The summed E-state index contributed by atoms with van der Waals surface area (Å²) in [6, 6.07) is 3.66. The summed E-state index contributed by atoms with van der Waals surface area (Å²) in [5, 5.41) is 9.75. The maximum atomic E-state index is 12.2. The Hall–Kier alpha value is -0.130. The maximum Gasteiger partial charge on any atom is 0.266 e. The van der Waals surface area contributed by atoms with Crippen molar-refractivity contribution >= 4 is 85.5 Å². The number of hydrogen-bond donors (Lipinski definition) is 1. The van der Waals surface area contributed by atoms with Crippen molar-refractivity contribution in [2.45, 2.75) is 0 Å². The second-order valence-corrected chi connectivity index (χ2v) is 7.91. The van der Waals surface area contributed by atoms with Gasteiger partial charge in [0.2, 0.25) is 0 Å². The van der Waals surface area contributed by atoms with Crippen molar-refractivity contribution in [3.63, 3.8) is 0 Å². The number of halogens is 2. The lowest BCUT2D eigenvalue weighted by molar-refractivity contribution is -0.121. The number of phenols is 1. The Balaban J connectivity index is 2.35. The number of carbonyl (C=O) groups is 1. The van der Waals surface area contributed by atoms with Gasteiger partial charge in [-0.2, -0.15) is 0 Å². The molecule has 1 aromatic carbocycles. The van der Waals surface area contributed by atoms with Crippen molar-refractivity contribution in [3.8, 4) is 5.75 Å². The zero-order valence-corrected chi connectivity index (χ0v) is 16.0. The Morgan fingerprint density at radius 2 is 2.00 bits per heavy atom.